The molecule has 0 aliphatic rings. The summed E-state index contributed by atoms with van der Waals surface area (Å²) >= 11 is 1.31. The van der Waals surface area contributed by atoms with E-state index in [1.807, 2.05) is 25.7 Å². The van der Waals surface area contributed by atoms with Crippen molar-refractivity contribution in [1.29, 1.82) is 0 Å². The maximum absolute atomic E-state index is 12.3. The van der Waals surface area contributed by atoms with Crippen LogP contribution in [0, 0.1) is 5.92 Å². The normalized spacial score (nSPS) is 11.1. The lowest BCUT2D eigenvalue weighted by Gasteiger charge is -2.27. The van der Waals surface area contributed by atoms with Crippen molar-refractivity contribution in [3.8, 4) is 0 Å². The van der Waals surface area contributed by atoms with Gasteiger partial charge in [0.25, 0.3) is 5.91 Å². The van der Waals surface area contributed by atoms with Gasteiger partial charge in [-0.2, -0.15) is 0 Å². The molecule has 1 N–H and O–H groups in total. The molecule has 102 valence electrons. The van der Waals surface area contributed by atoms with Crippen molar-refractivity contribution in [3.63, 3.8) is 0 Å². The van der Waals surface area contributed by atoms with Gasteiger partial charge in [0.15, 0.2) is 0 Å². The van der Waals surface area contributed by atoms with Crippen molar-refractivity contribution < 1.29 is 4.79 Å². The molecular weight excluding hydrogens is 248 g/mol. The van der Waals surface area contributed by atoms with Crippen molar-refractivity contribution in [2.75, 3.05) is 18.4 Å². The Morgan fingerprint density at radius 3 is 2.50 bits per heavy atom. The van der Waals surface area contributed by atoms with E-state index in [4.69, 9.17) is 0 Å². The molecule has 0 aromatic carbocycles. The third kappa shape index (κ3) is 3.94. The third-order valence-corrected chi connectivity index (χ3v) is 3.25. The van der Waals surface area contributed by atoms with Gasteiger partial charge < -0.3 is 10.2 Å². The molecule has 1 rings (SSSR count). The minimum absolute atomic E-state index is 0.0275. The quantitative estimate of drug-likeness (QED) is 0.862. The molecule has 1 heterocycles. The van der Waals surface area contributed by atoms with Crippen molar-refractivity contribution in [3.05, 3.63) is 5.01 Å². The minimum Gasteiger partial charge on any atom is -0.360 e. The van der Waals surface area contributed by atoms with E-state index < -0.39 is 0 Å². The Hall–Kier alpha value is -1.17. The van der Waals surface area contributed by atoms with Crippen LogP contribution in [-0.2, 0) is 0 Å². The van der Waals surface area contributed by atoms with Gasteiger partial charge in [0.1, 0.15) is 0 Å². The minimum atomic E-state index is -0.0275. The molecule has 0 saturated heterocycles. The smallest absolute Gasteiger partial charge is 0.285 e. The molecular formula is C12H22N4OS. The fourth-order valence-electron chi connectivity index (χ4n) is 1.58. The van der Waals surface area contributed by atoms with E-state index in [0.717, 1.165) is 13.1 Å². The van der Waals surface area contributed by atoms with E-state index >= 15 is 0 Å². The van der Waals surface area contributed by atoms with E-state index in [2.05, 4.69) is 29.4 Å². The summed E-state index contributed by atoms with van der Waals surface area (Å²) in [5.74, 6) is 0.415. The van der Waals surface area contributed by atoms with E-state index in [0.29, 0.717) is 16.1 Å². The van der Waals surface area contributed by atoms with Crippen LogP contribution in [0.3, 0.4) is 0 Å². The molecule has 0 atom stereocenters. The molecule has 0 unspecified atom stereocenters. The number of nitrogens with one attached hydrogen (secondary N) is 1. The van der Waals surface area contributed by atoms with Crippen LogP contribution >= 0.6 is 11.3 Å². The van der Waals surface area contributed by atoms with Crippen LogP contribution in [0.5, 0.6) is 0 Å². The number of aromatic nitrogens is 2. The highest BCUT2D eigenvalue weighted by molar-refractivity contribution is 7.17. The van der Waals surface area contributed by atoms with E-state index in [1.165, 1.54) is 11.3 Å². The summed E-state index contributed by atoms with van der Waals surface area (Å²) < 4.78 is 0. The Balaban J connectivity index is 2.81. The monoisotopic (exact) mass is 270 g/mol. The molecule has 0 spiro atoms. The molecule has 6 heteroatoms. The topological polar surface area (TPSA) is 58.1 Å². The van der Waals surface area contributed by atoms with Crippen LogP contribution in [0.4, 0.5) is 5.13 Å². The SMILES string of the molecule is CCNc1nnc(C(=O)N(CC(C)C)C(C)C)s1. The lowest BCUT2D eigenvalue weighted by molar-refractivity contribution is 0.0680. The van der Waals surface area contributed by atoms with E-state index in [9.17, 15) is 4.79 Å². The zero-order chi connectivity index (χ0) is 13.7. The average molecular weight is 270 g/mol. The fraction of sp³-hybridized carbons (Fsp3) is 0.750. The Morgan fingerprint density at radius 1 is 1.33 bits per heavy atom. The van der Waals surface area contributed by atoms with Crippen LogP contribution in [0.25, 0.3) is 0 Å². The highest BCUT2D eigenvalue weighted by Crippen LogP contribution is 2.18. The van der Waals surface area contributed by atoms with Gasteiger partial charge in [-0.3, -0.25) is 4.79 Å². The molecule has 0 aliphatic carbocycles. The highest BCUT2D eigenvalue weighted by Gasteiger charge is 2.23. The first-order valence-electron chi connectivity index (χ1n) is 6.34. The van der Waals surface area contributed by atoms with Crippen molar-refractivity contribution in [2.45, 2.75) is 40.7 Å². The number of anilines is 1. The van der Waals surface area contributed by atoms with Gasteiger partial charge in [0.2, 0.25) is 10.1 Å². The second kappa shape index (κ2) is 6.68. The summed E-state index contributed by atoms with van der Waals surface area (Å²) in [6, 6.07) is 0.173. The Morgan fingerprint density at radius 2 is 2.00 bits per heavy atom. The molecule has 0 radical (unpaired) electrons. The second-order valence-electron chi connectivity index (χ2n) is 4.89. The van der Waals surface area contributed by atoms with Crippen LogP contribution in [0.15, 0.2) is 0 Å². The van der Waals surface area contributed by atoms with Gasteiger partial charge >= 0.3 is 0 Å². The lowest BCUT2D eigenvalue weighted by atomic mass is 10.2. The molecule has 18 heavy (non-hydrogen) atoms. The average Bonchev–Trinajstić information content (AvgIpc) is 2.73. The summed E-state index contributed by atoms with van der Waals surface area (Å²) in [7, 11) is 0. The summed E-state index contributed by atoms with van der Waals surface area (Å²) in [4.78, 5) is 14.2. The first kappa shape index (κ1) is 14.9. The largest absolute Gasteiger partial charge is 0.360 e. The summed E-state index contributed by atoms with van der Waals surface area (Å²) in [6.07, 6.45) is 0. The molecule has 1 aromatic heterocycles. The van der Waals surface area contributed by atoms with Gasteiger partial charge in [-0.15, -0.1) is 10.2 Å². The zero-order valence-electron chi connectivity index (χ0n) is 11.7. The molecule has 0 aliphatic heterocycles. The number of hydrogen-bond donors (Lipinski definition) is 1. The third-order valence-electron chi connectivity index (χ3n) is 2.38. The van der Waals surface area contributed by atoms with Gasteiger partial charge in [0, 0.05) is 19.1 Å². The summed E-state index contributed by atoms with van der Waals surface area (Å²) in [5, 5.41) is 12.1. The Labute approximate surface area is 113 Å². The second-order valence-corrected chi connectivity index (χ2v) is 5.87. The first-order chi connectivity index (χ1) is 8.45. The number of carbonyl (C=O) groups is 1. The maximum Gasteiger partial charge on any atom is 0.285 e. The summed E-state index contributed by atoms with van der Waals surface area (Å²) in [5.41, 5.74) is 0. The predicted molar refractivity (Wildman–Crippen MR) is 75.1 cm³/mol. The molecule has 0 saturated carbocycles. The zero-order valence-corrected chi connectivity index (χ0v) is 12.5. The van der Waals surface area contributed by atoms with Crippen molar-refractivity contribution in [2.24, 2.45) is 5.92 Å². The molecule has 1 aromatic rings. The van der Waals surface area contributed by atoms with Crippen LogP contribution in [0.2, 0.25) is 0 Å². The van der Waals surface area contributed by atoms with E-state index in [-0.39, 0.29) is 11.9 Å². The van der Waals surface area contributed by atoms with Crippen LogP contribution in [0.1, 0.15) is 44.4 Å². The van der Waals surface area contributed by atoms with Gasteiger partial charge in [0.05, 0.1) is 0 Å². The number of rotatable bonds is 6. The number of hydrogen-bond acceptors (Lipinski definition) is 5. The van der Waals surface area contributed by atoms with Gasteiger partial charge in [-0.25, -0.2) is 0 Å². The van der Waals surface area contributed by atoms with Crippen molar-refractivity contribution in [1.82, 2.24) is 15.1 Å². The number of nitrogens with zero attached hydrogens (tertiary/aromatic N) is 3. The standard InChI is InChI=1S/C12H22N4OS/c1-6-13-12-15-14-10(18-12)11(17)16(9(4)5)7-8(2)3/h8-9H,6-7H2,1-5H3,(H,13,15). The molecule has 1 amide bonds. The number of amides is 1. The predicted octanol–water partition coefficient (Wildman–Crippen LogP) is 2.48. The molecule has 0 fully saturated rings. The van der Waals surface area contributed by atoms with E-state index in [1.54, 1.807) is 0 Å². The fourth-order valence-corrected chi connectivity index (χ4v) is 2.34. The van der Waals surface area contributed by atoms with Gasteiger partial charge in [-0.05, 0) is 26.7 Å². The highest BCUT2D eigenvalue weighted by atomic mass is 32.1. The Kier molecular flexibility index (Phi) is 5.53. The number of carbonyl (C=O) groups excluding carboxylic acids is 1. The van der Waals surface area contributed by atoms with Gasteiger partial charge in [-0.1, -0.05) is 25.2 Å². The molecule has 5 nitrogen and oxygen atoms in total. The van der Waals surface area contributed by atoms with Crippen LogP contribution in [-0.4, -0.2) is 40.1 Å². The Bertz CT molecular complexity index is 389. The molecule has 0 bridgehead atoms. The lowest BCUT2D eigenvalue weighted by Crippen LogP contribution is -2.39. The van der Waals surface area contributed by atoms with Crippen LogP contribution < -0.4 is 5.32 Å². The first-order valence-corrected chi connectivity index (χ1v) is 7.15. The summed E-state index contributed by atoms with van der Waals surface area (Å²) in [6.45, 7) is 11.8. The maximum atomic E-state index is 12.3. The van der Waals surface area contributed by atoms with Crippen molar-refractivity contribution >= 4 is 22.4 Å².